The van der Waals surface area contributed by atoms with E-state index in [1.54, 1.807) is 12.4 Å². The summed E-state index contributed by atoms with van der Waals surface area (Å²) in [5.41, 5.74) is 0.137. The molecule has 0 radical (unpaired) electrons. The van der Waals surface area contributed by atoms with E-state index in [9.17, 15) is 18.0 Å². The third-order valence-corrected chi connectivity index (χ3v) is 6.99. The highest BCUT2D eigenvalue weighted by atomic mass is 19.4. The van der Waals surface area contributed by atoms with Crippen LogP contribution in [0.1, 0.15) is 41.3 Å². The fourth-order valence-corrected chi connectivity index (χ4v) is 4.98. The number of halogens is 3. The van der Waals surface area contributed by atoms with Crippen molar-refractivity contribution in [3.05, 3.63) is 71.2 Å². The van der Waals surface area contributed by atoms with Crippen LogP contribution < -0.4 is 5.32 Å². The monoisotopic (exact) mass is 530 g/mol. The summed E-state index contributed by atoms with van der Waals surface area (Å²) >= 11 is 0. The average Bonchev–Trinajstić information content (AvgIpc) is 3.44. The van der Waals surface area contributed by atoms with Gasteiger partial charge in [0.05, 0.1) is 32.0 Å². The molecule has 1 aromatic heterocycles. The number of rotatable bonds is 5. The lowest BCUT2D eigenvalue weighted by molar-refractivity contribution is -0.137. The highest BCUT2D eigenvalue weighted by Gasteiger charge is 2.49. The number of morpholine rings is 1. The number of allylic oxidation sites excluding steroid dienone is 1. The summed E-state index contributed by atoms with van der Waals surface area (Å²) in [6.45, 7) is 4.58. The van der Waals surface area contributed by atoms with Gasteiger partial charge in [0.1, 0.15) is 6.10 Å². The quantitative estimate of drug-likeness (QED) is 0.632. The minimum Gasteiger partial charge on any atom is -0.472 e. The van der Waals surface area contributed by atoms with E-state index >= 15 is 0 Å². The number of alkyl halides is 3. The van der Waals surface area contributed by atoms with E-state index in [-0.39, 0.29) is 18.1 Å². The normalized spacial score (nSPS) is 24.7. The van der Waals surface area contributed by atoms with Crippen LogP contribution in [0.3, 0.4) is 0 Å². The van der Waals surface area contributed by atoms with Gasteiger partial charge < -0.3 is 19.5 Å². The second-order valence-electron chi connectivity index (χ2n) is 9.50. The number of aliphatic imine (C=N–C) groups is 1. The Labute approximate surface area is 218 Å². The van der Waals surface area contributed by atoms with Gasteiger partial charge in [-0.05, 0) is 42.3 Å². The third kappa shape index (κ3) is 5.45. The van der Waals surface area contributed by atoms with Crippen molar-refractivity contribution in [3.63, 3.8) is 0 Å². The number of hydrogen-bond donors (Lipinski definition) is 1. The molecule has 1 N–H and O–H groups in total. The molecule has 3 aliphatic rings. The van der Waals surface area contributed by atoms with Crippen LogP contribution in [-0.2, 0) is 20.4 Å². The summed E-state index contributed by atoms with van der Waals surface area (Å²) in [5, 5.41) is 3.05. The van der Waals surface area contributed by atoms with Crippen LogP contribution in [-0.4, -0.2) is 73.0 Å². The zero-order valence-corrected chi connectivity index (χ0v) is 21.0. The van der Waals surface area contributed by atoms with Crippen molar-refractivity contribution in [2.75, 3.05) is 39.5 Å². The standard InChI is InChI=1S/C27H29F3N4O4/c1-18-23(20-5-3-8-31-16-20)15-26(34-9-12-36-13-10-34,25(32-18)38-22-7-11-37-17-22)33-24(35)19-4-2-6-21(14-19)27(28,29)30/h2-6,8,14,16,22H,7,9-13,15,17H2,1H3,(H,33,35)/t22?,26-/m0/s1. The molecule has 38 heavy (non-hydrogen) atoms. The maximum atomic E-state index is 13.6. The Hall–Kier alpha value is -3.28. The first-order valence-corrected chi connectivity index (χ1v) is 12.5. The van der Waals surface area contributed by atoms with Crippen LogP contribution in [0, 0.1) is 0 Å². The Kier molecular flexibility index (Phi) is 7.51. The molecule has 11 heteroatoms. The van der Waals surface area contributed by atoms with Crippen LogP contribution in [0.15, 0.2) is 59.5 Å². The Morgan fingerprint density at radius 1 is 1.16 bits per heavy atom. The van der Waals surface area contributed by atoms with E-state index in [0.717, 1.165) is 23.3 Å². The number of nitrogens with zero attached hydrogens (tertiary/aromatic N) is 3. The van der Waals surface area contributed by atoms with Crippen molar-refractivity contribution in [2.24, 2.45) is 4.99 Å². The van der Waals surface area contributed by atoms with Gasteiger partial charge in [-0.2, -0.15) is 13.2 Å². The second kappa shape index (κ2) is 10.8. The molecule has 1 amide bonds. The molecule has 5 rings (SSSR count). The van der Waals surface area contributed by atoms with Crippen LogP contribution in [0.2, 0.25) is 0 Å². The van der Waals surface area contributed by atoms with E-state index in [1.165, 1.54) is 12.1 Å². The maximum Gasteiger partial charge on any atom is 0.416 e. The minimum atomic E-state index is -4.57. The fraction of sp³-hybridized carbons (Fsp3) is 0.444. The van der Waals surface area contributed by atoms with E-state index < -0.39 is 23.3 Å². The number of amides is 1. The molecule has 2 aromatic rings. The summed E-state index contributed by atoms with van der Waals surface area (Å²) < 4.78 is 57.7. The average molecular weight is 531 g/mol. The number of aromatic nitrogens is 1. The largest absolute Gasteiger partial charge is 0.472 e. The molecule has 0 bridgehead atoms. The maximum absolute atomic E-state index is 13.6. The van der Waals surface area contributed by atoms with E-state index in [0.29, 0.717) is 57.5 Å². The molecule has 1 aromatic carbocycles. The first-order chi connectivity index (χ1) is 18.3. The molecule has 2 atom stereocenters. The van der Waals surface area contributed by atoms with Gasteiger partial charge in [0.15, 0.2) is 5.66 Å². The van der Waals surface area contributed by atoms with Gasteiger partial charge in [-0.15, -0.1) is 0 Å². The Morgan fingerprint density at radius 3 is 2.66 bits per heavy atom. The molecular weight excluding hydrogens is 501 g/mol. The molecule has 202 valence electrons. The van der Waals surface area contributed by atoms with Crippen LogP contribution in [0.25, 0.3) is 5.57 Å². The predicted octanol–water partition coefficient (Wildman–Crippen LogP) is 3.90. The molecule has 4 heterocycles. The predicted molar refractivity (Wildman–Crippen MR) is 133 cm³/mol. The van der Waals surface area contributed by atoms with E-state index in [4.69, 9.17) is 19.2 Å². The van der Waals surface area contributed by atoms with Crippen LogP contribution in [0.5, 0.6) is 0 Å². The van der Waals surface area contributed by atoms with Gasteiger partial charge in [-0.1, -0.05) is 12.1 Å². The van der Waals surface area contributed by atoms with E-state index in [2.05, 4.69) is 10.3 Å². The highest BCUT2D eigenvalue weighted by molar-refractivity contribution is 6.01. The van der Waals surface area contributed by atoms with Gasteiger partial charge in [0.25, 0.3) is 5.91 Å². The molecular formula is C27H29F3N4O4. The Morgan fingerprint density at radius 2 is 1.97 bits per heavy atom. The lowest BCUT2D eigenvalue weighted by Gasteiger charge is -2.48. The van der Waals surface area contributed by atoms with Gasteiger partial charge in [0, 0.05) is 49.6 Å². The number of pyridine rings is 1. The summed E-state index contributed by atoms with van der Waals surface area (Å²) in [6.07, 6.45) is -0.491. The number of hydrogen-bond acceptors (Lipinski definition) is 7. The molecule has 3 aliphatic heterocycles. The number of benzene rings is 1. The summed E-state index contributed by atoms with van der Waals surface area (Å²) in [6, 6.07) is 8.13. The van der Waals surface area contributed by atoms with Crippen LogP contribution >= 0.6 is 0 Å². The van der Waals surface area contributed by atoms with Crippen LogP contribution in [0.4, 0.5) is 13.2 Å². The topological polar surface area (TPSA) is 85.3 Å². The lowest BCUT2D eigenvalue weighted by atomic mass is 9.88. The third-order valence-electron chi connectivity index (χ3n) is 6.99. The van der Waals surface area contributed by atoms with Crippen molar-refractivity contribution >= 4 is 17.4 Å². The molecule has 0 spiro atoms. The number of nitrogens with one attached hydrogen (secondary N) is 1. The summed E-state index contributed by atoms with van der Waals surface area (Å²) in [4.78, 5) is 24.8. The molecule has 0 saturated carbocycles. The smallest absolute Gasteiger partial charge is 0.416 e. The summed E-state index contributed by atoms with van der Waals surface area (Å²) in [7, 11) is 0. The zero-order chi connectivity index (χ0) is 26.8. The molecule has 2 saturated heterocycles. The van der Waals surface area contributed by atoms with Crippen molar-refractivity contribution in [3.8, 4) is 0 Å². The Balaban J connectivity index is 1.58. The SMILES string of the molecule is CC1=C(c2cccnc2)C[C@](NC(=O)c2cccc(C(F)(F)F)c2)(N2CCOCC2)C(OC2CCOC2)=N1. The lowest BCUT2D eigenvalue weighted by Crippen LogP contribution is -2.69. The molecule has 1 unspecified atom stereocenters. The summed E-state index contributed by atoms with van der Waals surface area (Å²) in [5.74, 6) is -0.369. The Bertz CT molecular complexity index is 1220. The van der Waals surface area contributed by atoms with Gasteiger partial charge in [-0.3, -0.25) is 14.7 Å². The zero-order valence-electron chi connectivity index (χ0n) is 21.0. The fourth-order valence-electron chi connectivity index (χ4n) is 4.98. The number of carbonyl (C=O) groups is 1. The molecule has 0 aliphatic carbocycles. The highest BCUT2D eigenvalue weighted by Crippen LogP contribution is 2.38. The van der Waals surface area contributed by atoms with Crippen molar-refractivity contribution in [1.29, 1.82) is 0 Å². The number of ether oxygens (including phenoxy) is 3. The van der Waals surface area contributed by atoms with Gasteiger partial charge >= 0.3 is 6.18 Å². The van der Waals surface area contributed by atoms with Crippen molar-refractivity contribution in [2.45, 2.75) is 37.7 Å². The second-order valence-corrected chi connectivity index (χ2v) is 9.50. The van der Waals surface area contributed by atoms with Crippen molar-refractivity contribution < 1.29 is 32.2 Å². The molecule has 8 nitrogen and oxygen atoms in total. The first kappa shape index (κ1) is 26.3. The minimum absolute atomic E-state index is 0.106. The van der Waals surface area contributed by atoms with Gasteiger partial charge in [-0.25, -0.2) is 4.99 Å². The first-order valence-electron chi connectivity index (χ1n) is 12.5. The van der Waals surface area contributed by atoms with Crippen molar-refractivity contribution in [1.82, 2.24) is 15.2 Å². The molecule has 2 fully saturated rings. The number of carbonyl (C=O) groups excluding carboxylic acids is 1. The van der Waals surface area contributed by atoms with E-state index in [1.807, 2.05) is 24.0 Å². The van der Waals surface area contributed by atoms with Gasteiger partial charge in [0.2, 0.25) is 5.90 Å².